The van der Waals surface area contributed by atoms with Gasteiger partial charge in [-0.15, -0.1) is 0 Å². The van der Waals surface area contributed by atoms with Gasteiger partial charge in [0.25, 0.3) is 0 Å². The fraction of sp³-hybridized carbons (Fsp3) is 0.636. The second-order valence-corrected chi connectivity index (χ2v) is 9.33. The Kier molecular flexibility index (Phi) is 4.32. The van der Waals surface area contributed by atoms with Crippen LogP contribution < -0.4 is 10.6 Å². The Morgan fingerprint density at radius 1 is 1.00 bits per heavy atom. The second kappa shape index (κ2) is 6.40. The van der Waals surface area contributed by atoms with Gasteiger partial charge in [0.2, 0.25) is 11.8 Å². The molecule has 26 heavy (non-hydrogen) atoms. The third kappa shape index (κ3) is 3.38. The van der Waals surface area contributed by atoms with Crippen LogP contribution in [0.25, 0.3) is 0 Å². The predicted molar refractivity (Wildman–Crippen MR) is 104 cm³/mol. The Labute approximate surface area is 156 Å². The molecular weight excluding hydrogens is 324 g/mol. The van der Waals surface area contributed by atoms with E-state index in [1.54, 1.807) is 0 Å². The van der Waals surface area contributed by atoms with E-state index in [9.17, 15) is 9.59 Å². The maximum absolute atomic E-state index is 12.9. The fourth-order valence-corrected chi connectivity index (χ4v) is 6.45. The quantitative estimate of drug-likeness (QED) is 0.815. The SMILES string of the molecule is CC(=O)Nc1c(C)cc(C)cc1NC(=O)CC12CC3CC(CC(C3)C1)C2. The van der Waals surface area contributed by atoms with Gasteiger partial charge in [0.05, 0.1) is 11.4 Å². The van der Waals surface area contributed by atoms with Crippen molar-refractivity contribution >= 4 is 23.2 Å². The second-order valence-electron chi connectivity index (χ2n) is 9.33. The summed E-state index contributed by atoms with van der Waals surface area (Å²) in [6.07, 6.45) is 8.51. The van der Waals surface area contributed by atoms with Crippen molar-refractivity contribution in [3.05, 3.63) is 23.3 Å². The molecule has 2 N–H and O–H groups in total. The van der Waals surface area contributed by atoms with Gasteiger partial charge in [0.1, 0.15) is 0 Å². The third-order valence-corrected chi connectivity index (χ3v) is 6.76. The maximum Gasteiger partial charge on any atom is 0.224 e. The number of carbonyl (C=O) groups is 2. The molecule has 4 heteroatoms. The Morgan fingerprint density at radius 3 is 2.12 bits per heavy atom. The average Bonchev–Trinajstić information content (AvgIpc) is 2.48. The Bertz CT molecular complexity index is 717. The third-order valence-electron chi connectivity index (χ3n) is 6.76. The van der Waals surface area contributed by atoms with E-state index in [0.29, 0.717) is 6.42 Å². The molecule has 0 saturated heterocycles. The lowest BCUT2D eigenvalue weighted by atomic mass is 9.49. The first-order chi connectivity index (χ1) is 12.3. The van der Waals surface area contributed by atoms with Crippen molar-refractivity contribution in [3.8, 4) is 0 Å². The van der Waals surface area contributed by atoms with Gasteiger partial charge in [-0.1, -0.05) is 6.07 Å². The van der Waals surface area contributed by atoms with Crippen LogP contribution in [0.2, 0.25) is 0 Å². The summed E-state index contributed by atoms with van der Waals surface area (Å²) in [4.78, 5) is 24.5. The number of rotatable bonds is 4. The first-order valence-electron chi connectivity index (χ1n) is 10.0. The highest BCUT2D eigenvalue weighted by molar-refractivity contribution is 6.00. The lowest BCUT2D eigenvalue weighted by Gasteiger charge is -2.56. The predicted octanol–water partition coefficient (Wildman–Crippen LogP) is 4.81. The first kappa shape index (κ1) is 17.6. The summed E-state index contributed by atoms with van der Waals surface area (Å²) in [7, 11) is 0. The van der Waals surface area contributed by atoms with Gasteiger partial charge in [0.15, 0.2) is 0 Å². The van der Waals surface area contributed by atoms with Crippen LogP contribution in [-0.2, 0) is 9.59 Å². The number of anilines is 2. The highest BCUT2D eigenvalue weighted by atomic mass is 16.2. The van der Waals surface area contributed by atoms with Crippen LogP contribution in [0.4, 0.5) is 11.4 Å². The number of hydrogen-bond acceptors (Lipinski definition) is 2. The van der Waals surface area contributed by atoms with Crippen LogP contribution >= 0.6 is 0 Å². The van der Waals surface area contributed by atoms with Crippen molar-refractivity contribution in [1.82, 2.24) is 0 Å². The zero-order valence-electron chi connectivity index (χ0n) is 16.2. The van der Waals surface area contributed by atoms with Crippen LogP contribution in [0.15, 0.2) is 12.1 Å². The molecule has 4 bridgehead atoms. The molecule has 0 unspecified atom stereocenters. The number of aryl methyl sites for hydroxylation is 2. The van der Waals surface area contributed by atoms with Gasteiger partial charge < -0.3 is 10.6 Å². The van der Waals surface area contributed by atoms with Crippen molar-refractivity contribution < 1.29 is 9.59 Å². The molecule has 4 nitrogen and oxygen atoms in total. The van der Waals surface area contributed by atoms with Crippen molar-refractivity contribution in [3.63, 3.8) is 0 Å². The highest BCUT2D eigenvalue weighted by Gasteiger charge is 2.51. The molecule has 0 spiro atoms. The molecule has 2 amide bonds. The molecule has 0 aliphatic heterocycles. The van der Waals surface area contributed by atoms with Gasteiger partial charge in [-0.25, -0.2) is 0 Å². The maximum atomic E-state index is 12.9. The minimum Gasteiger partial charge on any atom is -0.324 e. The van der Waals surface area contributed by atoms with E-state index >= 15 is 0 Å². The normalized spacial score (nSPS) is 31.7. The molecule has 0 aromatic heterocycles. The number of benzene rings is 1. The van der Waals surface area contributed by atoms with E-state index in [2.05, 4.69) is 10.6 Å². The van der Waals surface area contributed by atoms with Crippen LogP contribution in [-0.4, -0.2) is 11.8 Å². The Hall–Kier alpha value is -1.84. The minimum absolute atomic E-state index is 0.101. The molecule has 140 valence electrons. The monoisotopic (exact) mass is 354 g/mol. The van der Waals surface area contributed by atoms with Crippen LogP contribution in [0.5, 0.6) is 0 Å². The topological polar surface area (TPSA) is 58.2 Å². The zero-order chi connectivity index (χ0) is 18.5. The van der Waals surface area contributed by atoms with E-state index < -0.39 is 0 Å². The highest BCUT2D eigenvalue weighted by Crippen LogP contribution is 2.61. The van der Waals surface area contributed by atoms with Crippen LogP contribution in [0.1, 0.15) is 63.0 Å². The van der Waals surface area contributed by atoms with Gasteiger partial charge in [-0.05, 0) is 92.7 Å². The largest absolute Gasteiger partial charge is 0.324 e. The molecule has 4 aliphatic rings. The van der Waals surface area contributed by atoms with E-state index in [4.69, 9.17) is 0 Å². The first-order valence-corrected chi connectivity index (χ1v) is 10.0. The molecule has 0 atom stereocenters. The Balaban J connectivity index is 1.51. The average molecular weight is 354 g/mol. The lowest BCUT2D eigenvalue weighted by Crippen LogP contribution is -2.47. The summed E-state index contributed by atoms with van der Waals surface area (Å²) in [6, 6.07) is 3.98. The van der Waals surface area contributed by atoms with Crippen LogP contribution in [0, 0.1) is 37.0 Å². The number of hydrogen-bond donors (Lipinski definition) is 2. The molecule has 5 rings (SSSR count). The number of nitrogens with one attached hydrogen (secondary N) is 2. The van der Waals surface area contributed by atoms with E-state index in [0.717, 1.165) is 40.3 Å². The molecule has 4 saturated carbocycles. The van der Waals surface area contributed by atoms with Gasteiger partial charge >= 0.3 is 0 Å². The summed E-state index contributed by atoms with van der Waals surface area (Å²) in [5.41, 5.74) is 3.74. The molecule has 0 heterocycles. The summed E-state index contributed by atoms with van der Waals surface area (Å²) >= 11 is 0. The zero-order valence-corrected chi connectivity index (χ0v) is 16.2. The molecular formula is C22H30N2O2. The van der Waals surface area contributed by atoms with Gasteiger partial charge in [-0.3, -0.25) is 9.59 Å². The lowest BCUT2D eigenvalue weighted by molar-refractivity contribution is -0.124. The minimum atomic E-state index is -0.117. The summed E-state index contributed by atoms with van der Waals surface area (Å²) in [6.45, 7) is 5.48. The van der Waals surface area contributed by atoms with Crippen LogP contribution in [0.3, 0.4) is 0 Å². The summed E-state index contributed by atoms with van der Waals surface area (Å²) < 4.78 is 0. The van der Waals surface area contributed by atoms with E-state index in [-0.39, 0.29) is 17.2 Å². The molecule has 4 fully saturated rings. The molecule has 1 aromatic rings. The number of carbonyl (C=O) groups excluding carboxylic acids is 2. The van der Waals surface area contributed by atoms with Crippen molar-refractivity contribution in [2.45, 2.75) is 65.7 Å². The van der Waals surface area contributed by atoms with Gasteiger partial charge in [0, 0.05) is 13.3 Å². The van der Waals surface area contributed by atoms with Gasteiger partial charge in [-0.2, -0.15) is 0 Å². The fourth-order valence-electron chi connectivity index (χ4n) is 6.45. The van der Waals surface area contributed by atoms with Crippen molar-refractivity contribution in [2.75, 3.05) is 10.6 Å². The van der Waals surface area contributed by atoms with Crippen molar-refractivity contribution in [2.24, 2.45) is 23.2 Å². The standard InChI is InChI=1S/C22H30N2O2/c1-13-4-14(2)21(23-15(3)25)19(5-13)24-20(26)12-22-9-16-6-17(10-22)8-18(7-16)11-22/h4-5,16-18H,6-12H2,1-3H3,(H,23,25)(H,24,26). The summed E-state index contributed by atoms with van der Waals surface area (Å²) in [5.74, 6) is 2.54. The molecule has 4 aliphatic carbocycles. The number of amides is 2. The summed E-state index contributed by atoms with van der Waals surface area (Å²) in [5, 5.41) is 6.00. The van der Waals surface area contributed by atoms with Crippen molar-refractivity contribution in [1.29, 1.82) is 0 Å². The molecule has 0 radical (unpaired) electrons. The molecule has 1 aromatic carbocycles. The van der Waals surface area contributed by atoms with E-state index in [1.807, 2.05) is 26.0 Å². The smallest absolute Gasteiger partial charge is 0.224 e. The Morgan fingerprint density at radius 2 is 1.58 bits per heavy atom. The van der Waals surface area contributed by atoms with E-state index in [1.165, 1.54) is 45.4 Å².